The van der Waals surface area contributed by atoms with Crippen molar-refractivity contribution in [1.29, 1.82) is 0 Å². The molecule has 100 valence electrons. The highest BCUT2D eigenvalue weighted by atomic mass is 35.5. The molecule has 2 aromatic carbocycles. The molecule has 20 heavy (non-hydrogen) atoms. The van der Waals surface area contributed by atoms with Gasteiger partial charge in [0, 0.05) is 21.8 Å². The molecule has 0 aliphatic heterocycles. The Morgan fingerprint density at radius 2 is 1.85 bits per heavy atom. The van der Waals surface area contributed by atoms with E-state index < -0.39 is 0 Å². The van der Waals surface area contributed by atoms with Crippen LogP contribution in [0.25, 0.3) is 10.4 Å². The number of halogens is 1. The standard InChI is InChI=1S/C15H13ClN4/c1-11(14-4-2-3-5-15(14)19-20-17)18-10-12-6-8-13(16)9-7-12/h2-11H,1H3/t11-/m0/s1. The zero-order chi connectivity index (χ0) is 14.4. The lowest BCUT2D eigenvalue weighted by Gasteiger charge is -2.09. The molecule has 0 saturated heterocycles. The molecule has 0 spiro atoms. The Labute approximate surface area is 122 Å². The molecule has 0 fully saturated rings. The van der Waals surface area contributed by atoms with E-state index in [1.54, 1.807) is 12.3 Å². The van der Waals surface area contributed by atoms with Crippen LogP contribution >= 0.6 is 11.6 Å². The maximum atomic E-state index is 8.57. The minimum absolute atomic E-state index is 0.0904. The highest BCUT2D eigenvalue weighted by Crippen LogP contribution is 2.27. The molecule has 0 radical (unpaired) electrons. The number of benzene rings is 2. The summed E-state index contributed by atoms with van der Waals surface area (Å²) in [5.41, 5.74) is 11.0. The topological polar surface area (TPSA) is 61.1 Å². The highest BCUT2D eigenvalue weighted by Gasteiger charge is 2.06. The molecule has 0 aliphatic rings. The summed E-state index contributed by atoms with van der Waals surface area (Å²) in [5, 5.41) is 4.38. The first-order valence-corrected chi connectivity index (χ1v) is 6.51. The molecular weight excluding hydrogens is 272 g/mol. The van der Waals surface area contributed by atoms with Crippen molar-refractivity contribution in [1.82, 2.24) is 0 Å². The quantitative estimate of drug-likeness (QED) is 0.310. The number of azide groups is 1. The normalized spacial score (nSPS) is 12.1. The predicted molar refractivity (Wildman–Crippen MR) is 82.7 cm³/mol. The minimum atomic E-state index is -0.0904. The van der Waals surface area contributed by atoms with Crippen LogP contribution in [-0.2, 0) is 0 Å². The summed E-state index contributed by atoms with van der Waals surface area (Å²) < 4.78 is 0. The molecule has 2 aromatic rings. The van der Waals surface area contributed by atoms with Crippen LogP contribution in [0.3, 0.4) is 0 Å². The summed E-state index contributed by atoms with van der Waals surface area (Å²) in [5.74, 6) is 0. The van der Waals surface area contributed by atoms with Gasteiger partial charge in [-0.05, 0) is 35.7 Å². The second-order valence-electron chi connectivity index (χ2n) is 4.25. The van der Waals surface area contributed by atoms with Crippen LogP contribution in [0.5, 0.6) is 0 Å². The van der Waals surface area contributed by atoms with Gasteiger partial charge in [-0.3, -0.25) is 4.99 Å². The second kappa shape index (κ2) is 6.75. The minimum Gasteiger partial charge on any atom is -0.285 e. The summed E-state index contributed by atoms with van der Waals surface area (Å²) in [6.07, 6.45) is 1.79. The molecule has 0 aliphatic carbocycles. The van der Waals surface area contributed by atoms with Crippen molar-refractivity contribution in [2.45, 2.75) is 13.0 Å². The van der Waals surface area contributed by atoms with Gasteiger partial charge in [-0.2, -0.15) is 0 Å². The molecule has 0 unspecified atom stereocenters. The van der Waals surface area contributed by atoms with E-state index in [1.807, 2.05) is 49.4 Å². The van der Waals surface area contributed by atoms with Crippen LogP contribution in [0.2, 0.25) is 5.02 Å². The number of rotatable bonds is 4. The van der Waals surface area contributed by atoms with Crippen molar-refractivity contribution in [3.8, 4) is 0 Å². The van der Waals surface area contributed by atoms with Crippen LogP contribution < -0.4 is 0 Å². The smallest absolute Gasteiger partial charge is 0.0725 e. The zero-order valence-electron chi connectivity index (χ0n) is 10.9. The molecule has 0 bridgehead atoms. The van der Waals surface area contributed by atoms with Crippen molar-refractivity contribution >= 4 is 23.5 Å². The monoisotopic (exact) mass is 284 g/mol. The van der Waals surface area contributed by atoms with Gasteiger partial charge >= 0.3 is 0 Å². The van der Waals surface area contributed by atoms with E-state index in [2.05, 4.69) is 15.0 Å². The highest BCUT2D eigenvalue weighted by molar-refractivity contribution is 6.30. The third-order valence-electron chi connectivity index (χ3n) is 2.86. The van der Waals surface area contributed by atoms with E-state index in [4.69, 9.17) is 17.1 Å². The van der Waals surface area contributed by atoms with Crippen molar-refractivity contribution in [2.24, 2.45) is 10.1 Å². The van der Waals surface area contributed by atoms with Crippen molar-refractivity contribution in [3.05, 3.63) is 75.1 Å². The zero-order valence-corrected chi connectivity index (χ0v) is 11.7. The van der Waals surface area contributed by atoms with Gasteiger partial charge in [0.25, 0.3) is 0 Å². The van der Waals surface area contributed by atoms with Gasteiger partial charge in [0.2, 0.25) is 0 Å². The molecule has 0 N–H and O–H groups in total. The predicted octanol–water partition coefficient (Wildman–Crippen LogP) is 5.46. The van der Waals surface area contributed by atoms with Crippen molar-refractivity contribution < 1.29 is 0 Å². The molecular formula is C15H13ClN4. The maximum absolute atomic E-state index is 8.57. The van der Waals surface area contributed by atoms with Crippen LogP contribution in [-0.4, -0.2) is 6.21 Å². The molecule has 2 rings (SSSR count). The van der Waals surface area contributed by atoms with E-state index in [-0.39, 0.29) is 6.04 Å². The van der Waals surface area contributed by atoms with Crippen molar-refractivity contribution in [2.75, 3.05) is 0 Å². The summed E-state index contributed by atoms with van der Waals surface area (Å²) in [7, 11) is 0. The van der Waals surface area contributed by atoms with E-state index in [1.165, 1.54) is 0 Å². The molecule has 0 amide bonds. The maximum Gasteiger partial charge on any atom is 0.0725 e. The van der Waals surface area contributed by atoms with Crippen LogP contribution in [0.4, 0.5) is 5.69 Å². The van der Waals surface area contributed by atoms with Gasteiger partial charge in [0.15, 0.2) is 0 Å². The average Bonchev–Trinajstić information content (AvgIpc) is 2.47. The fourth-order valence-electron chi connectivity index (χ4n) is 1.81. The molecule has 0 saturated carbocycles. The first-order valence-electron chi connectivity index (χ1n) is 6.13. The lowest BCUT2D eigenvalue weighted by Crippen LogP contribution is -1.91. The van der Waals surface area contributed by atoms with E-state index in [0.717, 1.165) is 11.1 Å². The van der Waals surface area contributed by atoms with Gasteiger partial charge in [0.1, 0.15) is 0 Å². The summed E-state index contributed by atoms with van der Waals surface area (Å²) in [6, 6.07) is 14.8. The Morgan fingerprint density at radius 3 is 2.55 bits per heavy atom. The van der Waals surface area contributed by atoms with Crippen LogP contribution in [0.15, 0.2) is 58.6 Å². The van der Waals surface area contributed by atoms with E-state index in [9.17, 15) is 0 Å². The fourth-order valence-corrected chi connectivity index (χ4v) is 1.93. The van der Waals surface area contributed by atoms with E-state index in [0.29, 0.717) is 10.7 Å². The lowest BCUT2D eigenvalue weighted by atomic mass is 10.1. The fraction of sp³-hybridized carbons (Fsp3) is 0.133. The second-order valence-corrected chi connectivity index (χ2v) is 4.69. The first-order chi connectivity index (χ1) is 9.70. The Morgan fingerprint density at radius 1 is 1.15 bits per heavy atom. The third-order valence-corrected chi connectivity index (χ3v) is 3.11. The number of hydrogen-bond donors (Lipinski definition) is 0. The third kappa shape index (κ3) is 3.60. The molecule has 4 nitrogen and oxygen atoms in total. The Kier molecular flexibility index (Phi) is 4.77. The lowest BCUT2D eigenvalue weighted by molar-refractivity contribution is 0.825. The summed E-state index contributed by atoms with van der Waals surface area (Å²) in [6.45, 7) is 1.96. The van der Waals surface area contributed by atoms with Crippen LogP contribution in [0.1, 0.15) is 24.1 Å². The average molecular weight is 285 g/mol. The van der Waals surface area contributed by atoms with E-state index >= 15 is 0 Å². The Bertz CT molecular complexity index is 658. The van der Waals surface area contributed by atoms with Gasteiger partial charge < -0.3 is 0 Å². The number of hydrogen-bond acceptors (Lipinski definition) is 2. The van der Waals surface area contributed by atoms with Gasteiger partial charge in [0.05, 0.1) is 6.04 Å². The molecule has 0 aromatic heterocycles. The molecule has 0 heterocycles. The van der Waals surface area contributed by atoms with Crippen LogP contribution in [0, 0.1) is 0 Å². The first kappa shape index (κ1) is 14.1. The molecule has 1 atom stereocenters. The summed E-state index contributed by atoms with van der Waals surface area (Å²) >= 11 is 5.83. The van der Waals surface area contributed by atoms with Gasteiger partial charge in [-0.15, -0.1) is 0 Å². The number of nitrogens with zero attached hydrogens (tertiary/aromatic N) is 4. The van der Waals surface area contributed by atoms with Crippen molar-refractivity contribution in [3.63, 3.8) is 0 Å². The number of aliphatic imine (C=N–C) groups is 1. The summed E-state index contributed by atoms with van der Waals surface area (Å²) in [4.78, 5) is 7.32. The largest absolute Gasteiger partial charge is 0.285 e. The van der Waals surface area contributed by atoms with Gasteiger partial charge in [-0.1, -0.05) is 53.1 Å². The Balaban J connectivity index is 2.21. The SMILES string of the molecule is C[C@H](N=Cc1ccc(Cl)cc1)c1ccccc1N=[N+]=[N-]. The Hall–Kier alpha value is -2.29. The van der Waals surface area contributed by atoms with Gasteiger partial charge in [-0.25, -0.2) is 0 Å². The molecule has 5 heteroatoms.